The number of imidazole rings is 1. The zero-order chi connectivity index (χ0) is 25.1. The number of hydrogen-bond donors (Lipinski definition) is 0. The Labute approximate surface area is 213 Å². The Balaban J connectivity index is 1.51. The first kappa shape index (κ1) is 24.5. The minimum Gasteiger partial charge on any atom is -0.494 e. The summed E-state index contributed by atoms with van der Waals surface area (Å²) in [4.78, 5) is 7.32. The van der Waals surface area contributed by atoms with E-state index < -0.39 is 10.0 Å². The van der Waals surface area contributed by atoms with Gasteiger partial charge in [-0.3, -0.25) is 4.90 Å². The molecule has 2 aromatic heterocycles. The molecule has 5 rings (SSSR count). The molecule has 0 atom stereocenters. The van der Waals surface area contributed by atoms with Gasteiger partial charge in [0.05, 0.1) is 23.7 Å². The fourth-order valence-electron chi connectivity index (χ4n) is 4.73. The van der Waals surface area contributed by atoms with Crippen LogP contribution in [0.2, 0.25) is 0 Å². The molecule has 0 amide bonds. The lowest BCUT2D eigenvalue weighted by atomic mass is 10.1. The summed E-state index contributed by atoms with van der Waals surface area (Å²) in [6, 6.07) is 22.5. The Kier molecular flexibility index (Phi) is 7.09. The molecule has 0 spiro atoms. The Morgan fingerprint density at radius 2 is 1.61 bits per heavy atom. The maximum atomic E-state index is 12.3. The van der Waals surface area contributed by atoms with Gasteiger partial charge in [0, 0.05) is 44.5 Å². The summed E-state index contributed by atoms with van der Waals surface area (Å²) in [7, 11) is -3.16. The zero-order valence-corrected chi connectivity index (χ0v) is 21.6. The molecule has 1 saturated heterocycles. The largest absolute Gasteiger partial charge is 0.494 e. The van der Waals surface area contributed by atoms with Crippen molar-refractivity contribution in [2.75, 3.05) is 38.5 Å². The van der Waals surface area contributed by atoms with Crippen molar-refractivity contribution < 1.29 is 13.2 Å². The summed E-state index contributed by atoms with van der Waals surface area (Å²) in [5.41, 5.74) is 6.19. The van der Waals surface area contributed by atoms with Crippen LogP contribution in [0.3, 0.4) is 0 Å². The van der Waals surface area contributed by atoms with E-state index in [0.29, 0.717) is 39.3 Å². The van der Waals surface area contributed by atoms with Crippen LogP contribution in [-0.4, -0.2) is 65.5 Å². The van der Waals surface area contributed by atoms with Gasteiger partial charge in [0.15, 0.2) is 0 Å². The Bertz CT molecular complexity index is 1440. The highest BCUT2D eigenvalue weighted by atomic mass is 32.2. The summed E-state index contributed by atoms with van der Waals surface area (Å²) >= 11 is 0. The molecule has 36 heavy (non-hydrogen) atoms. The molecule has 0 unspecified atom stereocenters. The van der Waals surface area contributed by atoms with Gasteiger partial charge in [-0.05, 0) is 49.2 Å². The first-order chi connectivity index (χ1) is 17.5. The molecule has 0 N–H and O–H groups in total. The molecular weight excluding hydrogens is 472 g/mol. The smallest absolute Gasteiger partial charge is 0.213 e. The third-order valence-electron chi connectivity index (χ3n) is 6.71. The third-order valence-corrected chi connectivity index (χ3v) is 8.59. The highest BCUT2D eigenvalue weighted by molar-refractivity contribution is 7.89. The number of rotatable bonds is 8. The van der Waals surface area contributed by atoms with E-state index in [0.717, 1.165) is 39.5 Å². The topological polar surface area (TPSA) is 67.2 Å². The molecule has 2 aromatic carbocycles. The lowest BCUT2D eigenvalue weighted by Gasteiger charge is -2.33. The van der Waals surface area contributed by atoms with Crippen molar-refractivity contribution in [2.24, 2.45) is 0 Å². The molecule has 3 heterocycles. The van der Waals surface area contributed by atoms with Crippen LogP contribution in [0.4, 0.5) is 0 Å². The second-order valence-electron chi connectivity index (χ2n) is 8.96. The fourth-order valence-corrected chi connectivity index (χ4v) is 5.82. The van der Waals surface area contributed by atoms with Gasteiger partial charge in [-0.2, -0.15) is 4.31 Å². The van der Waals surface area contributed by atoms with Crippen molar-refractivity contribution in [1.82, 2.24) is 18.6 Å². The van der Waals surface area contributed by atoms with Crippen LogP contribution in [0.5, 0.6) is 5.75 Å². The molecule has 1 aliphatic rings. The van der Waals surface area contributed by atoms with E-state index >= 15 is 0 Å². The van der Waals surface area contributed by atoms with Gasteiger partial charge in [-0.25, -0.2) is 13.4 Å². The van der Waals surface area contributed by atoms with Gasteiger partial charge in [0.25, 0.3) is 0 Å². The maximum Gasteiger partial charge on any atom is 0.213 e. The van der Waals surface area contributed by atoms with Crippen LogP contribution in [0.25, 0.3) is 28.0 Å². The van der Waals surface area contributed by atoms with Gasteiger partial charge in [0.1, 0.15) is 11.4 Å². The highest BCUT2D eigenvalue weighted by Gasteiger charge is 2.27. The quantitative estimate of drug-likeness (QED) is 0.353. The van der Waals surface area contributed by atoms with E-state index in [1.54, 1.807) is 11.2 Å². The lowest BCUT2D eigenvalue weighted by Crippen LogP contribution is -2.48. The molecular formula is C28H32N4O3S. The van der Waals surface area contributed by atoms with E-state index in [9.17, 15) is 8.42 Å². The second kappa shape index (κ2) is 10.4. The van der Waals surface area contributed by atoms with E-state index in [-0.39, 0.29) is 5.75 Å². The highest BCUT2D eigenvalue weighted by Crippen LogP contribution is 2.30. The van der Waals surface area contributed by atoms with Crippen molar-refractivity contribution in [3.63, 3.8) is 0 Å². The Hall–Kier alpha value is -3.20. The molecule has 0 radical (unpaired) electrons. The standard InChI is InChI=1S/C28H32N4O3S/c1-3-35-25-12-8-11-23(19-25)24-13-14-27-29-28(22-9-6-5-7-10-22)26(32(27)20-24)21-30-15-17-31(18-16-30)36(33,34)4-2/h5-14,19-20H,3-4,15-18,21H2,1-2H3. The molecule has 1 fully saturated rings. The number of sulfonamides is 1. The van der Waals surface area contributed by atoms with Crippen molar-refractivity contribution in [2.45, 2.75) is 20.4 Å². The first-order valence-electron chi connectivity index (χ1n) is 12.5. The van der Waals surface area contributed by atoms with Crippen LogP contribution in [-0.2, 0) is 16.6 Å². The predicted octanol–water partition coefficient (Wildman–Crippen LogP) is 4.53. The zero-order valence-electron chi connectivity index (χ0n) is 20.8. The predicted molar refractivity (Wildman–Crippen MR) is 144 cm³/mol. The summed E-state index contributed by atoms with van der Waals surface area (Å²) in [6.07, 6.45) is 2.15. The summed E-state index contributed by atoms with van der Waals surface area (Å²) in [5, 5.41) is 0. The number of nitrogens with zero attached hydrogens (tertiary/aromatic N) is 4. The number of piperazine rings is 1. The number of hydrogen-bond acceptors (Lipinski definition) is 5. The Morgan fingerprint density at radius 1 is 0.861 bits per heavy atom. The van der Waals surface area contributed by atoms with Crippen molar-refractivity contribution in [1.29, 1.82) is 0 Å². The van der Waals surface area contributed by atoms with Crippen LogP contribution < -0.4 is 4.74 Å². The van der Waals surface area contributed by atoms with Gasteiger partial charge in [-0.15, -0.1) is 0 Å². The van der Waals surface area contributed by atoms with Gasteiger partial charge >= 0.3 is 0 Å². The number of ether oxygens (including phenoxy) is 1. The minimum atomic E-state index is -3.16. The first-order valence-corrected chi connectivity index (χ1v) is 14.1. The second-order valence-corrected chi connectivity index (χ2v) is 11.2. The molecule has 0 bridgehead atoms. The van der Waals surface area contributed by atoms with Crippen LogP contribution in [0.15, 0.2) is 72.9 Å². The van der Waals surface area contributed by atoms with E-state index in [4.69, 9.17) is 9.72 Å². The molecule has 8 heteroatoms. The van der Waals surface area contributed by atoms with Crippen molar-refractivity contribution in [3.05, 3.63) is 78.6 Å². The molecule has 188 valence electrons. The fraction of sp³-hybridized carbons (Fsp3) is 0.321. The van der Waals surface area contributed by atoms with E-state index in [1.807, 2.05) is 37.3 Å². The van der Waals surface area contributed by atoms with Gasteiger partial charge in [-0.1, -0.05) is 42.5 Å². The lowest BCUT2D eigenvalue weighted by molar-refractivity contribution is 0.180. The normalized spacial score (nSPS) is 15.4. The monoisotopic (exact) mass is 504 g/mol. The summed E-state index contributed by atoms with van der Waals surface area (Å²) < 4.78 is 34.1. The number of fused-ring (bicyclic) bond motifs is 1. The van der Waals surface area contributed by atoms with E-state index in [2.05, 4.69) is 51.9 Å². The summed E-state index contributed by atoms with van der Waals surface area (Å²) in [5.74, 6) is 0.997. The van der Waals surface area contributed by atoms with Gasteiger partial charge < -0.3 is 9.14 Å². The molecule has 0 aliphatic carbocycles. The molecule has 1 aliphatic heterocycles. The summed E-state index contributed by atoms with van der Waals surface area (Å²) in [6.45, 7) is 7.42. The van der Waals surface area contributed by atoms with E-state index in [1.165, 1.54) is 0 Å². The Morgan fingerprint density at radius 3 is 2.33 bits per heavy atom. The number of aromatic nitrogens is 2. The average Bonchev–Trinajstić information content (AvgIpc) is 3.27. The third kappa shape index (κ3) is 5.02. The minimum absolute atomic E-state index is 0.145. The van der Waals surface area contributed by atoms with Gasteiger partial charge in [0.2, 0.25) is 10.0 Å². The van der Waals surface area contributed by atoms with Crippen LogP contribution in [0.1, 0.15) is 19.5 Å². The molecule has 0 saturated carbocycles. The maximum absolute atomic E-state index is 12.3. The van der Waals surface area contributed by atoms with Crippen molar-refractivity contribution >= 4 is 15.7 Å². The van der Waals surface area contributed by atoms with Crippen LogP contribution in [0, 0.1) is 0 Å². The van der Waals surface area contributed by atoms with Crippen molar-refractivity contribution in [3.8, 4) is 28.1 Å². The SMILES string of the molecule is CCOc1cccc(-c2ccc3nc(-c4ccccc4)c(CN4CCN(S(=O)(=O)CC)CC4)n3c2)c1. The van der Waals surface area contributed by atoms with Crippen LogP contribution >= 0.6 is 0 Å². The average molecular weight is 505 g/mol. The molecule has 7 nitrogen and oxygen atoms in total. The molecule has 4 aromatic rings. The number of benzene rings is 2. The number of pyridine rings is 1.